The van der Waals surface area contributed by atoms with E-state index in [0.717, 1.165) is 11.1 Å². The number of anilines is 1. The van der Waals surface area contributed by atoms with Gasteiger partial charge in [0.05, 0.1) is 17.7 Å². The van der Waals surface area contributed by atoms with Crippen LogP contribution in [0.5, 0.6) is 0 Å². The number of nitrogens with one attached hydrogen (secondary N) is 1. The van der Waals surface area contributed by atoms with Crippen LogP contribution in [-0.4, -0.2) is 19.2 Å². The van der Waals surface area contributed by atoms with Gasteiger partial charge >= 0.3 is 12.1 Å². The zero-order valence-corrected chi connectivity index (χ0v) is 16.0. The van der Waals surface area contributed by atoms with Crippen molar-refractivity contribution in [1.82, 2.24) is 0 Å². The summed E-state index contributed by atoms with van der Waals surface area (Å²) in [5, 5.41) is 4.90. The van der Waals surface area contributed by atoms with E-state index in [-0.39, 0.29) is 12.2 Å². The normalized spacial score (nSPS) is 10.3. The number of carbonyl (C=O) groups is 2. The number of thiophene rings is 1. The largest absolute Gasteiger partial charge is 0.465 e. The van der Waals surface area contributed by atoms with Gasteiger partial charge in [-0.3, -0.25) is 5.32 Å². The third kappa shape index (κ3) is 4.67. The number of benzene rings is 2. The molecule has 1 N–H and O–H groups in total. The van der Waals surface area contributed by atoms with Gasteiger partial charge in [-0.25, -0.2) is 9.59 Å². The summed E-state index contributed by atoms with van der Waals surface area (Å²) in [6, 6.07) is 16.4. The number of methoxy groups -OCH3 is 1. The lowest BCUT2D eigenvalue weighted by Crippen LogP contribution is -2.15. The van der Waals surface area contributed by atoms with E-state index in [1.807, 2.05) is 30.3 Å². The van der Waals surface area contributed by atoms with Gasteiger partial charge in [-0.1, -0.05) is 54.1 Å². The predicted octanol–water partition coefficient (Wildman–Crippen LogP) is 5.60. The molecule has 0 aliphatic rings. The van der Waals surface area contributed by atoms with Crippen LogP contribution in [0.25, 0.3) is 10.4 Å². The van der Waals surface area contributed by atoms with Crippen LogP contribution >= 0.6 is 22.9 Å². The van der Waals surface area contributed by atoms with Crippen LogP contribution in [0.15, 0.2) is 60.0 Å². The molecule has 1 amide bonds. The van der Waals surface area contributed by atoms with E-state index in [1.54, 1.807) is 29.6 Å². The van der Waals surface area contributed by atoms with Gasteiger partial charge in [0.15, 0.2) is 0 Å². The van der Waals surface area contributed by atoms with E-state index in [0.29, 0.717) is 15.6 Å². The summed E-state index contributed by atoms with van der Waals surface area (Å²) in [4.78, 5) is 25.1. The van der Waals surface area contributed by atoms with E-state index in [2.05, 4.69) is 5.32 Å². The van der Waals surface area contributed by atoms with Crippen LogP contribution in [0.4, 0.5) is 10.5 Å². The molecule has 0 bridgehead atoms. The first kappa shape index (κ1) is 18.9. The Labute approximate surface area is 165 Å². The number of esters is 1. The first-order chi connectivity index (χ1) is 13.1. The maximum absolute atomic E-state index is 12.3. The van der Waals surface area contributed by atoms with Gasteiger partial charge in [0, 0.05) is 10.4 Å². The van der Waals surface area contributed by atoms with Crippen molar-refractivity contribution in [3.8, 4) is 10.4 Å². The predicted molar refractivity (Wildman–Crippen MR) is 106 cm³/mol. The number of halogens is 1. The molecule has 1 aromatic heterocycles. The highest BCUT2D eigenvalue weighted by Crippen LogP contribution is 2.37. The van der Waals surface area contributed by atoms with Gasteiger partial charge in [-0.05, 0) is 23.3 Å². The Morgan fingerprint density at radius 3 is 2.44 bits per heavy atom. The zero-order valence-electron chi connectivity index (χ0n) is 14.4. The lowest BCUT2D eigenvalue weighted by Gasteiger charge is -2.09. The van der Waals surface area contributed by atoms with Gasteiger partial charge in [-0.15, -0.1) is 11.3 Å². The second-order valence-corrected chi connectivity index (χ2v) is 6.85. The fourth-order valence-electron chi connectivity index (χ4n) is 2.44. The van der Waals surface area contributed by atoms with Crippen molar-refractivity contribution in [3.05, 3.63) is 76.1 Å². The Morgan fingerprint density at radius 1 is 1.07 bits per heavy atom. The van der Waals surface area contributed by atoms with Gasteiger partial charge < -0.3 is 9.47 Å². The fourth-order valence-corrected chi connectivity index (χ4v) is 3.56. The average molecular weight is 402 g/mol. The van der Waals surface area contributed by atoms with Crippen molar-refractivity contribution >= 4 is 40.7 Å². The molecule has 3 aromatic rings. The lowest BCUT2D eigenvalue weighted by atomic mass is 10.1. The Balaban J connectivity index is 1.79. The molecule has 3 rings (SSSR count). The van der Waals surface area contributed by atoms with E-state index in [9.17, 15) is 9.59 Å². The van der Waals surface area contributed by atoms with Crippen LogP contribution < -0.4 is 5.32 Å². The molecule has 0 atom stereocenters. The summed E-state index contributed by atoms with van der Waals surface area (Å²) >= 11 is 7.25. The minimum Gasteiger partial charge on any atom is -0.465 e. The van der Waals surface area contributed by atoms with Gasteiger partial charge in [0.1, 0.15) is 12.2 Å². The molecule has 1 heterocycles. The minimum atomic E-state index is -0.649. The van der Waals surface area contributed by atoms with Crippen LogP contribution in [0.1, 0.15) is 15.9 Å². The number of rotatable bonds is 5. The lowest BCUT2D eigenvalue weighted by molar-refractivity contribution is 0.0603. The summed E-state index contributed by atoms with van der Waals surface area (Å²) in [5.41, 5.74) is 2.29. The van der Waals surface area contributed by atoms with Crippen molar-refractivity contribution in [2.24, 2.45) is 0 Å². The van der Waals surface area contributed by atoms with E-state index in [1.165, 1.54) is 18.4 Å². The highest BCUT2D eigenvalue weighted by molar-refractivity contribution is 7.14. The molecule has 5 nitrogen and oxygen atoms in total. The number of hydrogen-bond acceptors (Lipinski definition) is 5. The number of amides is 1. The summed E-state index contributed by atoms with van der Waals surface area (Å²) in [6.45, 7) is 0.133. The molecule has 138 valence electrons. The monoisotopic (exact) mass is 401 g/mol. The highest BCUT2D eigenvalue weighted by Gasteiger charge is 2.22. The van der Waals surface area contributed by atoms with E-state index < -0.39 is 12.1 Å². The summed E-state index contributed by atoms with van der Waals surface area (Å²) in [7, 11) is 1.29. The van der Waals surface area contributed by atoms with Crippen molar-refractivity contribution in [1.29, 1.82) is 0 Å². The molecule has 0 spiro atoms. The van der Waals surface area contributed by atoms with Crippen LogP contribution in [0.3, 0.4) is 0 Å². The fraction of sp³-hybridized carbons (Fsp3) is 0.100. The van der Waals surface area contributed by atoms with Crippen LogP contribution in [0, 0.1) is 0 Å². The number of ether oxygens (including phenoxy) is 2. The standard InChI is InChI=1S/C20H16ClNO4S/c1-25-19(23)17-16(12-27-18(17)14-7-9-15(21)10-8-14)22-20(24)26-11-13-5-3-2-4-6-13/h2-10,12H,11H2,1H3,(H,22,24). The average Bonchev–Trinajstić information content (AvgIpc) is 3.10. The maximum atomic E-state index is 12.3. The topological polar surface area (TPSA) is 64.6 Å². The number of carbonyl (C=O) groups excluding carboxylic acids is 2. The SMILES string of the molecule is COC(=O)c1c(NC(=O)OCc2ccccc2)csc1-c1ccc(Cl)cc1. The molecule has 2 aromatic carbocycles. The smallest absolute Gasteiger partial charge is 0.412 e. The molecule has 0 saturated heterocycles. The Bertz CT molecular complexity index is 938. The van der Waals surface area contributed by atoms with E-state index in [4.69, 9.17) is 21.1 Å². The van der Waals surface area contributed by atoms with E-state index >= 15 is 0 Å². The first-order valence-electron chi connectivity index (χ1n) is 8.02. The Hall–Kier alpha value is -2.83. The quantitative estimate of drug-likeness (QED) is 0.565. The van der Waals surface area contributed by atoms with Crippen molar-refractivity contribution in [2.75, 3.05) is 12.4 Å². The third-order valence-corrected chi connectivity index (χ3v) is 5.02. The summed E-state index contributed by atoms with van der Waals surface area (Å²) < 4.78 is 10.1. The molecule has 27 heavy (non-hydrogen) atoms. The molecule has 0 fully saturated rings. The molecular weight excluding hydrogens is 386 g/mol. The zero-order chi connectivity index (χ0) is 19.2. The minimum absolute atomic E-state index is 0.133. The van der Waals surface area contributed by atoms with Gasteiger partial charge in [0.2, 0.25) is 0 Å². The van der Waals surface area contributed by atoms with Crippen molar-refractivity contribution in [2.45, 2.75) is 6.61 Å². The van der Waals surface area contributed by atoms with Crippen molar-refractivity contribution in [3.63, 3.8) is 0 Å². The molecule has 0 unspecified atom stereocenters. The maximum Gasteiger partial charge on any atom is 0.412 e. The number of hydrogen-bond donors (Lipinski definition) is 1. The second-order valence-electron chi connectivity index (χ2n) is 5.54. The first-order valence-corrected chi connectivity index (χ1v) is 9.27. The molecule has 0 aliphatic carbocycles. The second kappa shape index (κ2) is 8.70. The molecule has 0 saturated carbocycles. The molecule has 0 radical (unpaired) electrons. The van der Waals surface area contributed by atoms with Crippen molar-refractivity contribution < 1.29 is 19.1 Å². The third-order valence-electron chi connectivity index (χ3n) is 3.74. The molecular formula is C20H16ClNO4S. The Kier molecular flexibility index (Phi) is 6.11. The van der Waals surface area contributed by atoms with Crippen LogP contribution in [-0.2, 0) is 16.1 Å². The Morgan fingerprint density at radius 2 is 1.78 bits per heavy atom. The molecule has 0 aliphatic heterocycles. The van der Waals surface area contributed by atoms with Crippen LogP contribution in [0.2, 0.25) is 5.02 Å². The summed E-state index contributed by atoms with van der Waals surface area (Å²) in [6.07, 6.45) is -0.649. The van der Waals surface area contributed by atoms with Gasteiger partial charge in [0.25, 0.3) is 0 Å². The molecule has 7 heteroatoms. The van der Waals surface area contributed by atoms with Gasteiger partial charge in [-0.2, -0.15) is 0 Å². The summed E-state index contributed by atoms with van der Waals surface area (Å²) in [5.74, 6) is -0.542. The highest BCUT2D eigenvalue weighted by atomic mass is 35.5.